The van der Waals surface area contributed by atoms with Crippen LogP contribution in [0.15, 0.2) is 61.2 Å². The van der Waals surface area contributed by atoms with Gasteiger partial charge >= 0.3 is 0 Å². The summed E-state index contributed by atoms with van der Waals surface area (Å²) in [6.07, 6.45) is 2.39. The molecule has 30 heavy (non-hydrogen) atoms. The van der Waals surface area contributed by atoms with Crippen molar-refractivity contribution in [1.29, 1.82) is 0 Å². The second-order valence-corrected chi connectivity index (χ2v) is 8.45. The van der Waals surface area contributed by atoms with E-state index in [1.807, 2.05) is 0 Å². The van der Waals surface area contributed by atoms with Crippen LogP contribution in [0.5, 0.6) is 5.75 Å². The van der Waals surface area contributed by atoms with Gasteiger partial charge in [-0.15, -0.1) is 6.58 Å². The predicted octanol–water partition coefficient (Wildman–Crippen LogP) is 3.29. The zero-order chi connectivity index (χ0) is 22.0. The topological polar surface area (TPSA) is 102 Å². The summed E-state index contributed by atoms with van der Waals surface area (Å²) >= 11 is 0. The number of hydrogen-bond donors (Lipinski definition) is 2. The van der Waals surface area contributed by atoms with Gasteiger partial charge in [0.15, 0.2) is 5.78 Å². The number of Topliss-reactive ketones (excluding diaryl/α,β-unsaturated/α-hetero) is 1. The second-order valence-electron chi connectivity index (χ2n) is 6.65. The van der Waals surface area contributed by atoms with Gasteiger partial charge in [-0.2, -0.15) is 0 Å². The summed E-state index contributed by atoms with van der Waals surface area (Å²) in [4.78, 5) is 24.3. The van der Waals surface area contributed by atoms with E-state index in [1.165, 1.54) is 6.08 Å². The standard InChI is InChI=1S/C22H26N2O5S/c1-3-15-23-30(27,28)16-17-7-11-19(12-8-17)24-22(26)6-4-5-21(25)18-9-13-20(29-2)14-10-18/h3,7-14,23H,1,4-6,15-16H2,2H3,(H,24,26). The van der Waals surface area contributed by atoms with Gasteiger partial charge in [0.1, 0.15) is 5.75 Å². The molecule has 0 aromatic heterocycles. The molecule has 0 fully saturated rings. The molecule has 0 heterocycles. The Morgan fingerprint density at radius 3 is 2.30 bits per heavy atom. The second kappa shape index (κ2) is 11.3. The molecule has 8 heteroatoms. The molecule has 0 spiro atoms. The number of hydrogen-bond acceptors (Lipinski definition) is 5. The Morgan fingerprint density at radius 1 is 1.03 bits per heavy atom. The maximum atomic E-state index is 12.2. The van der Waals surface area contributed by atoms with Crippen molar-refractivity contribution in [2.75, 3.05) is 19.0 Å². The molecule has 2 rings (SSSR count). The molecule has 0 aliphatic rings. The summed E-state index contributed by atoms with van der Waals surface area (Å²) < 4.78 is 31.2. The first-order valence-electron chi connectivity index (χ1n) is 9.47. The fraction of sp³-hybridized carbons (Fsp3) is 0.273. The van der Waals surface area contributed by atoms with Gasteiger partial charge in [0, 0.05) is 30.6 Å². The highest BCUT2D eigenvalue weighted by Crippen LogP contribution is 2.15. The molecule has 2 N–H and O–H groups in total. The molecule has 0 atom stereocenters. The Morgan fingerprint density at radius 2 is 1.70 bits per heavy atom. The third kappa shape index (κ3) is 7.81. The number of carbonyl (C=O) groups is 2. The minimum absolute atomic E-state index is 0.0268. The van der Waals surface area contributed by atoms with Crippen LogP contribution in [0.4, 0.5) is 5.69 Å². The smallest absolute Gasteiger partial charge is 0.224 e. The number of benzene rings is 2. The highest BCUT2D eigenvalue weighted by atomic mass is 32.2. The van der Waals surface area contributed by atoms with Crippen LogP contribution in [-0.4, -0.2) is 33.8 Å². The Labute approximate surface area is 177 Å². The van der Waals surface area contributed by atoms with Crippen LogP contribution in [0.3, 0.4) is 0 Å². The number of rotatable bonds is 12. The lowest BCUT2D eigenvalue weighted by molar-refractivity contribution is -0.116. The lowest BCUT2D eigenvalue weighted by atomic mass is 10.1. The van der Waals surface area contributed by atoms with Crippen LogP contribution in [0, 0.1) is 0 Å². The first kappa shape index (κ1) is 23.3. The molecule has 160 valence electrons. The lowest BCUT2D eigenvalue weighted by Gasteiger charge is -2.08. The van der Waals surface area contributed by atoms with E-state index in [0.29, 0.717) is 29.0 Å². The maximum Gasteiger partial charge on any atom is 0.224 e. The molecule has 2 aromatic rings. The van der Waals surface area contributed by atoms with E-state index in [4.69, 9.17) is 4.74 Å². The molecule has 7 nitrogen and oxygen atoms in total. The number of sulfonamides is 1. The van der Waals surface area contributed by atoms with Crippen molar-refractivity contribution in [3.05, 3.63) is 72.3 Å². The van der Waals surface area contributed by atoms with E-state index < -0.39 is 10.0 Å². The molecule has 0 aliphatic heterocycles. The van der Waals surface area contributed by atoms with Crippen LogP contribution in [0.25, 0.3) is 0 Å². The van der Waals surface area contributed by atoms with Crippen molar-refractivity contribution < 1.29 is 22.7 Å². The molecular formula is C22H26N2O5S. The Hall–Kier alpha value is -2.97. The number of amides is 1. The van der Waals surface area contributed by atoms with E-state index in [0.717, 1.165) is 0 Å². The zero-order valence-electron chi connectivity index (χ0n) is 16.9. The van der Waals surface area contributed by atoms with Crippen molar-refractivity contribution in [3.63, 3.8) is 0 Å². The van der Waals surface area contributed by atoms with Crippen molar-refractivity contribution in [2.24, 2.45) is 0 Å². The van der Waals surface area contributed by atoms with Gasteiger partial charge in [0.05, 0.1) is 12.9 Å². The third-order valence-electron chi connectivity index (χ3n) is 4.26. The molecule has 0 bridgehead atoms. The van der Waals surface area contributed by atoms with Gasteiger partial charge < -0.3 is 10.1 Å². The Bertz CT molecular complexity index is 968. The SMILES string of the molecule is C=CCNS(=O)(=O)Cc1ccc(NC(=O)CCCC(=O)c2ccc(OC)cc2)cc1. The number of anilines is 1. The molecule has 1 amide bonds. The summed E-state index contributed by atoms with van der Waals surface area (Å²) in [7, 11) is -1.87. The van der Waals surface area contributed by atoms with E-state index >= 15 is 0 Å². The van der Waals surface area contributed by atoms with Crippen LogP contribution < -0.4 is 14.8 Å². The van der Waals surface area contributed by atoms with Gasteiger partial charge in [0.2, 0.25) is 15.9 Å². The summed E-state index contributed by atoms with van der Waals surface area (Å²) in [6, 6.07) is 13.5. The zero-order valence-corrected chi connectivity index (χ0v) is 17.7. The summed E-state index contributed by atoms with van der Waals surface area (Å²) in [5.74, 6) is 0.303. The number of ketones is 1. The van der Waals surface area contributed by atoms with E-state index in [2.05, 4.69) is 16.6 Å². The van der Waals surface area contributed by atoms with E-state index in [1.54, 1.807) is 55.6 Å². The molecule has 0 saturated carbocycles. The molecule has 2 aromatic carbocycles. The largest absolute Gasteiger partial charge is 0.497 e. The Kier molecular flexibility index (Phi) is 8.76. The Balaban J connectivity index is 1.77. The van der Waals surface area contributed by atoms with Gasteiger partial charge in [-0.3, -0.25) is 9.59 Å². The van der Waals surface area contributed by atoms with Crippen LogP contribution >= 0.6 is 0 Å². The summed E-state index contributed by atoms with van der Waals surface area (Å²) in [6.45, 7) is 3.65. The predicted molar refractivity (Wildman–Crippen MR) is 117 cm³/mol. The fourth-order valence-electron chi connectivity index (χ4n) is 2.69. The number of nitrogens with one attached hydrogen (secondary N) is 2. The molecule has 0 saturated heterocycles. The van der Waals surface area contributed by atoms with Crippen LogP contribution in [0.1, 0.15) is 35.2 Å². The maximum absolute atomic E-state index is 12.2. The molecule has 0 radical (unpaired) electrons. The monoisotopic (exact) mass is 430 g/mol. The normalized spacial score (nSPS) is 11.0. The van der Waals surface area contributed by atoms with Gasteiger partial charge in [-0.05, 0) is 48.4 Å². The minimum Gasteiger partial charge on any atom is -0.497 e. The number of ether oxygens (including phenoxy) is 1. The van der Waals surface area contributed by atoms with Crippen molar-refractivity contribution in [3.8, 4) is 5.75 Å². The quantitative estimate of drug-likeness (QED) is 0.397. The average Bonchev–Trinajstić information content (AvgIpc) is 2.73. The minimum atomic E-state index is -3.43. The summed E-state index contributed by atoms with van der Waals surface area (Å²) in [5.41, 5.74) is 1.76. The first-order valence-corrected chi connectivity index (χ1v) is 11.1. The van der Waals surface area contributed by atoms with Crippen LogP contribution in [-0.2, 0) is 20.6 Å². The van der Waals surface area contributed by atoms with Crippen molar-refractivity contribution in [1.82, 2.24) is 4.72 Å². The highest BCUT2D eigenvalue weighted by molar-refractivity contribution is 7.88. The van der Waals surface area contributed by atoms with E-state index in [-0.39, 0.29) is 36.8 Å². The molecular weight excluding hydrogens is 404 g/mol. The number of carbonyl (C=O) groups excluding carboxylic acids is 2. The number of methoxy groups -OCH3 is 1. The summed E-state index contributed by atoms with van der Waals surface area (Å²) in [5, 5.41) is 2.75. The average molecular weight is 431 g/mol. The fourth-order valence-corrected chi connectivity index (χ4v) is 3.80. The molecule has 0 unspecified atom stereocenters. The first-order chi connectivity index (χ1) is 14.3. The highest BCUT2D eigenvalue weighted by Gasteiger charge is 2.11. The van der Waals surface area contributed by atoms with Crippen molar-refractivity contribution in [2.45, 2.75) is 25.0 Å². The van der Waals surface area contributed by atoms with Crippen molar-refractivity contribution >= 4 is 27.4 Å². The third-order valence-corrected chi connectivity index (χ3v) is 5.58. The van der Waals surface area contributed by atoms with E-state index in [9.17, 15) is 18.0 Å². The molecule has 0 aliphatic carbocycles. The van der Waals surface area contributed by atoms with Gasteiger partial charge in [-0.1, -0.05) is 18.2 Å². The van der Waals surface area contributed by atoms with Gasteiger partial charge in [-0.25, -0.2) is 13.1 Å². The lowest BCUT2D eigenvalue weighted by Crippen LogP contribution is -2.25. The van der Waals surface area contributed by atoms with Gasteiger partial charge in [0.25, 0.3) is 0 Å². The van der Waals surface area contributed by atoms with Crippen LogP contribution in [0.2, 0.25) is 0 Å².